The molecule has 0 aromatic carbocycles. The highest BCUT2D eigenvalue weighted by Crippen LogP contribution is 2.44. The number of ketones is 1. The second kappa shape index (κ2) is 7.40. The van der Waals surface area contributed by atoms with E-state index in [0.29, 0.717) is 13.0 Å². The molecule has 0 unspecified atom stereocenters. The molecule has 2 aliphatic heterocycles. The van der Waals surface area contributed by atoms with Crippen LogP contribution < -0.4 is 0 Å². The van der Waals surface area contributed by atoms with Crippen LogP contribution >= 0.6 is 0 Å². The van der Waals surface area contributed by atoms with Crippen LogP contribution in [-0.4, -0.2) is 44.1 Å². The molecule has 138 valence electrons. The van der Waals surface area contributed by atoms with Crippen molar-refractivity contribution in [3.63, 3.8) is 0 Å². The summed E-state index contributed by atoms with van der Waals surface area (Å²) >= 11 is 0. The standard InChI is InChI=1S/C19H34O4Si/c1-7-8-13(20)11-15(21)18-14(16-9-10-17(18)23-16)12-22-24(5,6)19(2,3)4/h9-10,14-18,21H,7-8,11-12H2,1-6H3/t14-,15-,16-,17+,18+/m1/s1. The average molecular weight is 355 g/mol. The molecule has 24 heavy (non-hydrogen) atoms. The Balaban J connectivity index is 2.02. The topological polar surface area (TPSA) is 55.8 Å². The first-order valence-electron chi connectivity index (χ1n) is 9.24. The van der Waals surface area contributed by atoms with Gasteiger partial charge in [0.2, 0.25) is 0 Å². The SMILES string of the molecule is CCCC(=O)C[C@@H](O)[C@@H]1[C@H](CO[Si](C)(C)C(C)(C)C)[C@H]2C=C[C@@H]1O2. The Morgan fingerprint density at radius 2 is 1.92 bits per heavy atom. The maximum atomic E-state index is 11.9. The molecule has 0 aromatic rings. The van der Waals surface area contributed by atoms with E-state index < -0.39 is 14.4 Å². The van der Waals surface area contributed by atoms with Crippen molar-refractivity contribution in [2.24, 2.45) is 11.8 Å². The zero-order valence-corrected chi connectivity index (χ0v) is 17.0. The largest absolute Gasteiger partial charge is 0.416 e. The summed E-state index contributed by atoms with van der Waals surface area (Å²) in [4.78, 5) is 11.9. The number of carbonyl (C=O) groups is 1. The summed E-state index contributed by atoms with van der Waals surface area (Å²) in [5.74, 6) is 0.241. The first-order valence-corrected chi connectivity index (χ1v) is 12.1. The van der Waals surface area contributed by atoms with Gasteiger partial charge in [-0.1, -0.05) is 39.8 Å². The molecule has 5 heteroatoms. The number of rotatable bonds is 8. The fraction of sp³-hybridized carbons (Fsp3) is 0.842. The monoisotopic (exact) mass is 354 g/mol. The summed E-state index contributed by atoms with van der Waals surface area (Å²) < 4.78 is 12.4. The van der Waals surface area contributed by atoms with E-state index in [1.807, 2.05) is 13.0 Å². The van der Waals surface area contributed by atoms with Gasteiger partial charge in [-0.3, -0.25) is 4.79 Å². The number of aliphatic hydroxyl groups is 1. The molecule has 2 rings (SSSR count). The van der Waals surface area contributed by atoms with Crippen molar-refractivity contribution in [2.75, 3.05) is 6.61 Å². The molecule has 1 N–H and O–H groups in total. The molecule has 5 atom stereocenters. The Kier molecular flexibility index (Phi) is 6.11. The van der Waals surface area contributed by atoms with Gasteiger partial charge in [0.25, 0.3) is 0 Å². The quantitative estimate of drug-likeness (QED) is 0.533. The van der Waals surface area contributed by atoms with E-state index in [0.717, 1.165) is 6.42 Å². The summed E-state index contributed by atoms with van der Waals surface area (Å²) in [6.07, 6.45) is 5.02. The molecule has 4 nitrogen and oxygen atoms in total. The van der Waals surface area contributed by atoms with E-state index in [9.17, 15) is 9.90 Å². The highest BCUT2D eigenvalue weighted by molar-refractivity contribution is 6.74. The summed E-state index contributed by atoms with van der Waals surface area (Å²) in [5.41, 5.74) is 0. The van der Waals surface area contributed by atoms with E-state index in [1.54, 1.807) is 0 Å². The fourth-order valence-electron chi connectivity index (χ4n) is 3.40. The van der Waals surface area contributed by atoms with Gasteiger partial charge in [-0.25, -0.2) is 0 Å². The van der Waals surface area contributed by atoms with Crippen LogP contribution in [0.5, 0.6) is 0 Å². The third-order valence-electron chi connectivity index (χ3n) is 5.95. The molecular weight excluding hydrogens is 320 g/mol. The second-order valence-corrected chi connectivity index (χ2v) is 13.6. The van der Waals surface area contributed by atoms with Crippen molar-refractivity contribution < 1.29 is 19.1 Å². The predicted molar refractivity (Wildman–Crippen MR) is 98.5 cm³/mol. The van der Waals surface area contributed by atoms with Crippen LogP contribution in [0, 0.1) is 11.8 Å². The van der Waals surface area contributed by atoms with Crippen LogP contribution in [-0.2, 0) is 14.0 Å². The number of hydrogen-bond acceptors (Lipinski definition) is 4. The first kappa shape index (κ1) is 19.8. The van der Waals surface area contributed by atoms with Crippen LogP contribution in [0.4, 0.5) is 0 Å². The molecule has 1 fully saturated rings. The van der Waals surface area contributed by atoms with Crippen LogP contribution in [0.3, 0.4) is 0 Å². The van der Waals surface area contributed by atoms with Crippen molar-refractivity contribution in [1.82, 2.24) is 0 Å². The van der Waals surface area contributed by atoms with Gasteiger partial charge in [-0.15, -0.1) is 0 Å². The number of hydrogen-bond donors (Lipinski definition) is 1. The number of aliphatic hydroxyl groups excluding tert-OH is 1. The van der Waals surface area contributed by atoms with Crippen LogP contribution in [0.2, 0.25) is 18.1 Å². The second-order valence-electron chi connectivity index (χ2n) is 8.82. The van der Waals surface area contributed by atoms with Crippen LogP contribution in [0.25, 0.3) is 0 Å². The zero-order valence-electron chi connectivity index (χ0n) is 16.0. The van der Waals surface area contributed by atoms with Gasteiger partial charge in [-0.2, -0.15) is 0 Å². The molecule has 0 saturated carbocycles. The molecule has 2 heterocycles. The number of carbonyl (C=O) groups excluding carboxylic acids is 1. The molecule has 2 aliphatic rings. The molecule has 0 spiro atoms. The summed E-state index contributed by atoms with van der Waals surface area (Å²) in [6, 6.07) is 0. The highest BCUT2D eigenvalue weighted by Gasteiger charge is 2.50. The first-order chi connectivity index (χ1) is 11.1. The minimum Gasteiger partial charge on any atom is -0.416 e. The van der Waals surface area contributed by atoms with E-state index in [2.05, 4.69) is 39.9 Å². The molecule has 0 amide bonds. The van der Waals surface area contributed by atoms with Gasteiger partial charge in [0, 0.05) is 31.3 Å². The van der Waals surface area contributed by atoms with E-state index in [-0.39, 0.29) is 41.3 Å². The number of Topliss-reactive ketones (excluding diaryl/α,β-unsaturated/α-hetero) is 1. The van der Waals surface area contributed by atoms with E-state index in [4.69, 9.17) is 9.16 Å². The van der Waals surface area contributed by atoms with Crippen molar-refractivity contribution in [3.05, 3.63) is 12.2 Å². The lowest BCUT2D eigenvalue weighted by atomic mass is 9.78. The Morgan fingerprint density at radius 1 is 1.29 bits per heavy atom. The molecule has 0 radical (unpaired) electrons. The lowest BCUT2D eigenvalue weighted by Crippen LogP contribution is -2.45. The lowest BCUT2D eigenvalue weighted by molar-refractivity contribution is -0.122. The molecule has 0 aromatic heterocycles. The fourth-order valence-corrected chi connectivity index (χ4v) is 4.44. The van der Waals surface area contributed by atoms with E-state index >= 15 is 0 Å². The van der Waals surface area contributed by atoms with Gasteiger partial charge in [0.05, 0.1) is 18.3 Å². The number of ether oxygens (including phenoxy) is 1. The summed E-state index contributed by atoms with van der Waals surface area (Å²) in [7, 11) is -1.84. The minimum atomic E-state index is -1.84. The van der Waals surface area contributed by atoms with Gasteiger partial charge >= 0.3 is 0 Å². The Labute approximate surface area is 147 Å². The van der Waals surface area contributed by atoms with Crippen molar-refractivity contribution >= 4 is 14.1 Å². The highest BCUT2D eigenvalue weighted by atomic mass is 28.4. The van der Waals surface area contributed by atoms with Crippen molar-refractivity contribution in [1.29, 1.82) is 0 Å². The molecule has 0 aliphatic carbocycles. The number of fused-ring (bicyclic) bond motifs is 2. The lowest BCUT2D eigenvalue weighted by Gasteiger charge is -2.38. The zero-order chi connectivity index (χ0) is 18.1. The molecular formula is C19H34O4Si. The maximum absolute atomic E-state index is 11.9. The molecule has 1 saturated heterocycles. The average Bonchev–Trinajstić information content (AvgIpc) is 3.04. The normalized spacial score (nSPS) is 30.8. The predicted octanol–water partition coefficient (Wildman–Crippen LogP) is 3.70. The van der Waals surface area contributed by atoms with E-state index in [1.165, 1.54) is 0 Å². The Hall–Kier alpha value is -0.493. The molecule has 2 bridgehead atoms. The Bertz CT molecular complexity index is 480. The Morgan fingerprint density at radius 3 is 2.50 bits per heavy atom. The maximum Gasteiger partial charge on any atom is 0.191 e. The third-order valence-corrected chi connectivity index (χ3v) is 10.5. The van der Waals surface area contributed by atoms with Crippen LogP contribution in [0.15, 0.2) is 12.2 Å². The van der Waals surface area contributed by atoms with Crippen molar-refractivity contribution in [2.45, 2.75) is 83.4 Å². The minimum absolute atomic E-state index is 0.0145. The van der Waals surface area contributed by atoms with Gasteiger partial charge in [0.15, 0.2) is 8.32 Å². The van der Waals surface area contributed by atoms with Gasteiger partial charge < -0.3 is 14.3 Å². The third kappa shape index (κ3) is 4.18. The summed E-state index contributed by atoms with van der Waals surface area (Å²) in [5, 5.41) is 10.8. The van der Waals surface area contributed by atoms with Gasteiger partial charge in [0.1, 0.15) is 5.78 Å². The smallest absolute Gasteiger partial charge is 0.191 e. The van der Waals surface area contributed by atoms with Crippen LogP contribution in [0.1, 0.15) is 47.0 Å². The van der Waals surface area contributed by atoms with Gasteiger partial charge in [-0.05, 0) is 24.6 Å². The van der Waals surface area contributed by atoms with Crippen molar-refractivity contribution in [3.8, 4) is 0 Å². The summed E-state index contributed by atoms with van der Waals surface area (Å²) in [6.45, 7) is 13.8.